The van der Waals surface area contributed by atoms with E-state index >= 15 is 0 Å². The van der Waals surface area contributed by atoms with Gasteiger partial charge in [0.15, 0.2) is 0 Å². The zero-order valence-corrected chi connectivity index (χ0v) is 13.1. The van der Waals surface area contributed by atoms with Gasteiger partial charge in [-0.2, -0.15) is 0 Å². The van der Waals surface area contributed by atoms with Crippen molar-refractivity contribution in [3.63, 3.8) is 0 Å². The van der Waals surface area contributed by atoms with Gasteiger partial charge in [0, 0.05) is 26.3 Å². The molecule has 1 aromatic heterocycles. The van der Waals surface area contributed by atoms with E-state index in [1.807, 2.05) is 25.4 Å². The molecule has 1 atom stereocenters. The molecule has 102 valence electrons. The molecule has 2 rings (SSSR count). The van der Waals surface area contributed by atoms with E-state index in [1.165, 1.54) is 12.1 Å². The molecule has 0 aliphatic heterocycles. The summed E-state index contributed by atoms with van der Waals surface area (Å²) in [6.45, 7) is 2.47. The fourth-order valence-electron chi connectivity index (χ4n) is 1.72. The van der Waals surface area contributed by atoms with Crippen LogP contribution >= 0.6 is 27.3 Å². The van der Waals surface area contributed by atoms with Gasteiger partial charge in [-0.15, -0.1) is 11.3 Å². The van der Waals surface area contributed by atoms with E-state index in [4.69, 9.17) is 4.74 Å². The summed E-state index contributed by atoms with van der Waals surface area (Å²) in [5.41, 5.74) is 0.832. The molecule has 0 spiro atoms. The lowest BCUT2D eigenvalue weighted by Gasteiger charge is -2.16. The topological polar surface area (TPSA) is 21.3 Å². The minimum Gasteiger partial charge on any atom is -0.488 e. The van der Waals surface area contributed by atoms with E-state index in [2.05, 4.69) is 21.2 Å². The van der Waals surface area contributed by atoms with Crippen LogP contribution in [-0.2, 0) is 6.61 Å². The Balaban J connectivity index is 2.15. The number of nitrogens with one attached hydrogen (secondary N) is 1. The molecule has 1 unspecified atom stereocenters. The molecule has 0 aliphatic rings. The number of benzene rings is 1. The molecule has 0 aliphatic carbocycles. The summed E-state index contributed by atoms with van der Waals surface area (Å²) in [6.07, 6.45) is 0. The predicted molar refractivity (Wildman–Crippen MR) is 80.2 cm³/mol. The normalized spacial score (nSPS) is 12.4. The molecule has 0 amide bonds. The molecule has 5 heteroatoms. The monoisotopic (exact) mass is 343 g/mol. The Hall–Kier alpha value is -0.910. The predicted octanol–water partition coefficient (Wildman–Crippen LogP) is 4.51. The Labute approximate surface area is 124 Å². The van der Waals surface area contributed by atoms with Crippen LogP contribution in [0.25, 0.3) is 0 Å². The van der Waals surface area contributed by atoms with Crippen molar-refractivity contribution in [2.24, 2.45) is 0 Å². The highest BCUT2D eigenvalue weighted by Crippen LogP contribution is 2.28. The molecule has 0 bridgehead atoms. The van der Waals surface area contributed by atoms with Crippen LogP contribution in [0.5, 0.6) is 5.75 Å². The maximum atomic E-state index is 13.3. The molecule has 19 heavy (non-hydrogen) atoms. The van der Waals surface area contributed by atoms with Gasteiger partial charge in [0.1, 0.15) is 18.2 Å². The number of hydrogen-bond donors (Lipinski definition) is 1. The fraction of sp³-hybridized carbons (Fsp3) is 0.286. The van der Waals surface area contributed by atoms with Crippen molar-refractivity contribution in [2.45, 2.75) is 19.6 Å². The zero-order chi connectivity index (χ0) is 13.8. The Morgan fingerprint density at radius 3 is 2.84 bits per heavy atom. The summed E-state index contributed by atoms with van der Waals surface area (Å²) in [4.78, 5) is 1.12. The van der Waals surface area contributed by atoms with Crippen molar-refractivity contribution in [2.75, 3.05) is 7.05 Å². The average Bonchev–Trinajstić information content (AvgIpc) is 2.82. The van der Waals surface area contributed by atoms with Crippen LogP contribution in [0.3, 0.4) is 0 Å². The second-order valence-corrected chi connectivity index (χ2v) is 6.12. The van der Waals surface area contributed by atoms with Crippen LogP contribution in [0.1, 0.15) is 23.4 Å². The van der Waals surface area contributed by atoms with Crippen molar-refractivity contribution >= 4 is 27.3 Å². The zero-order valence-electron chi connectivity index (χ0n) is 10.7. The van der Waals surface area contributed by atoms with Gasteiger partial charge < -0.3 is 10.1 Å². The molecule has 0 radical (unpaired) electrons. The third-order valence-electron chi connectivity index (χ3n) is 2.86. The molecule has 0 saturated heterocycles. The van der Waals surface area contributed by atoms with Gasteiger partial charge >= 0.3 is 0 Å². The molecule has 0 fully saturated rings. The van der Waals surface area contributed by atoms with Crippen LogP contribution < -0.4 is 10.1 Å². The van der Waals surface area contributed by atoms with Crippen LogP contribution in [-0.4, -0.2) is 7.05 Å². The number of hydrogen-bond acceptors (Lipinski definition) is 3. The van der Waals surface area contributed by atoms with Crippen molar-refractivity contribution < 1.29 is 9.13 Å². The second kappa shape index (κ2) is 6.50. The number of thiophene rings is 1. The summed E-state index contributed by atoms with van der Waals surface area (Å²) in [6, 6.07) is 6.68. The fourth-order valence-corrected chi connectivity index (χ4v) is 3.09. The van der Waals surface area contributed by atoms with E-state index in [1.54, 1.807) is 17.4 Å². The first-order chi connectivity index (χ1) is 9.10. The molecular weight excluding hydrogens is 329 g/mol. The van der Waals surface area contributed by atoms with Crippen molar-refractivity contribution in [1.82, 2.24) is 5.32 Å². The molecule has 1 N–H and O–H groups in total. The van der Waals surface area contributed by atoms with Crippen molar-refractivity contribution in [3.05, 3.63) is 50.4 Å². The molecule has 1 heterocycles. The summed E-state index contributed by atoms with van der Waals surface area (Å²) < 4.78 is 20.2. The molecule has 0 saturated carbocycles. The van der Waals surface area contributed by atoms with Gasteiger partial charge in [-0.1, -0.05) is 0 Å². The summed E-state index contributed by atoms with van der Waals surface area (Å²) in [5, 5.41) is 5.11. The highest BCUT2D eigenvalue weighted by atomic mass is 79.9. The molecule has 1 aromatic carbocycles. The van der Waals surface area contributed by atoms with Crippen LogP contribution in [0.15, 0.2) is 34.1 Å². The van der Waals surface area contributed by atoms with Gasteiger partial charge in [-0.05, 0) is 54.2 Å². The maximum Gasteiger partial charge on any atom is 0.124 e. The lowest BCUT2D eigenvalue weighted by Crippen LogP contribution is -2.14. The summed E-state index contributed by atoms with van der Waals surface area (Å²) >= 11 is 5.04. The molecule has 2 nitrogen and oxygen atoms in total. The minimum absolute atomic E-state index is 0.0424. The number of halogens is 2. The second-order valence-electron chi connectivity index (χ2n) is 4.21. The van der Waals surface area contributed by atoms with Crippen molar-refractivity contribution in [1.29, 1.82) is 0 Å². The van der Waals surface area contributed by atoms with Gasteiger partial charge in [0.05, 0.1) is 0 Å². The van der Waals surface area contributed by atoms with E-state index in [-0.39, 0.29) is 11.9 Å². The van der Waals surface area contributed by atoms with E-state index in [0.29, 0.717) is 12.4 Å². The smallest absolute Gasteiger partial charge is 0.124 e. The number of ether oxygens (including phenoxy) is 1. The SMILES string of the molecule is CNC(C)c1cc(F)ccc1OCc1cc(Br)cs1. The Bertz CT molecular complexity index is 558. The van der Waals surface area contributed by atoms with E-state index in [9.17, 15) is 4.39 Å². The standard InChI is InChI=1S/C14H15BrFNOS/c1-9(17-2)13-6-11(16)3-4-14(13)18-7-12-5-10(15)8-19-12/h3-6,8-9,17H,7H2,1-2H3. The minimum atomic E-state index is -0.247. The van der Waals surface area contributed by atoms with E-state index in [0.717, 1.165) is 14.9 Å². The third-order valence-corrected chi connectivity index (χ3v) is 4.53. The summed E-state index contributed by atoms with van der Waals surface area (Å²) in [5.74, 6) is 0.469. The third kappa shape index (κ3) is 3.78. The molecular formula is C14H15BrFNOS. The highest BCUT2D eigenvalue weighted by Gasteiger charge is 2.12. The van der Waals surface area contributed by atoms with Gasteiger partial charge in [-0.25, -0.2) is 4.39 Å². The largest absolute Gasteiger partial charge is 0.488 e. The molecule has 2 aromatic rings. The summed E-state index contributed by atoms with van der Waals surface area (Å²) in [7, 11) is 1.84. The van der Waals surface area contributed by atoms with Gasteiger partial charge in [0.2, 0.25) is 0 Å². The van der Waals surface area contributed by atoms with Gasteiger partial charge in [0.25, 0.3) is 0 Å². The first-order valence-electron chi connectivity index (χ1n) is 5.92. The average molecular weight is 344 g/mol. The lowest BCUT2D eigenvalue weighted by molar-refractivity contribution is 0.303. The lowest BCUT2D eigenvalue weighted by atomic mass is 10.1. The first kappa shape index (κ1) is 14.5. The van der Waals surface area contributed by atoms with Crippen molar-refractivity contribution in [3.8, 4) is 5.75 Å². The quantitative estimate of drug-likeness (QED) is 0.862. The number of rotatable bonds is 5. The van der Waals surface area contributed by atoms with Gasteiger partial charge in [-0.3, -0.25) is 0 Å². The van der Waals surface area contributed by atoms with Crippen LogP contribution in [0.4, 0.5) is 4.39 Å². The highest BCUT2D eigenvalue weighted by molar-refractivity contribution is 9.10. The Morgan fingerprint density at radius 2 is 2.21 bits per heavy atom. The van der Waals surface area contributed by atoms with Crippen LogP contribution in [0, 0.1) is 5.82 Å². The first-order valence-corrected chi connectivity index (χ1v) is 7.60. The van der Waals surface area contributed by atoms with Crippen LogP contribution in [0.2, 0.25) is 0 Å². The Kier molecular flexibility index (Phi) is 4.96. The van der Waals surface area contributed by atoms with E-state index < -0.39 is 0 Å². The maximum absolute atomic E-state index is 13.3. The Morgan fingerprint density at radius 1 is 1.42 bits per heavy atom.